The van der Waals surface area contributed by atoms with Crippen molar-refractivity contribution in [2.24, 2.45) is 23.7 Å². The van der Waals surface area contributed by atoms with E-state index >= 15 is 0 Å². The molecule has 0 spiro atoms. The summed E-state index contributed by atoms with van der Waals surface area (Å²) in [6, 6.07) is 0. The first-order valence-electron chi connectivity index (χ1n) is 3.92. The molecule has 0 amide bonds. The molecular weight excluding hydrogens is 188 g/mol. The summed E-state index contributed by atoms with van der Waals surface area (Å²) in [7, 11) is 0. The summed E-state index contributed by atoms with van der Waals surface area (Å²) in [6.45, 7) is 0. The summed E-state index contributed by atoms with van der Waals surface area (Å²) in [5.74, 6) is 3.59. The molecule has 1 fully saturated rings. The third-order valence-electron chi connectivity index (χ3n) is 3.09. The smallest absolute Gasteiger partial charge is 0.00842 e. The number of halogens is 1. The predicted octanol–water partition coefficient (Wildman–Crippen LogP) is 2.72. The molecule has 0 nitrogen and oxygen atoms in total. The van der Waals surface area contributed by atoms with Gasteiger partial charge in [-0.1, -0.05) is 34.2 Å². The van der Waals surface area contributed by atoms with E-state index in [0.717, 1.165) is 23.7 Å². The first-order chi connectivity index (χ1) is 4.86. The van der Waals surface area contributed by atoms with E-state index in [4.69, 9.17) is 0 Å². The Balaban J connectivity index is 2.13. The van der Waals surface area contributed by atoms with Gasteiger partial charge in [0.25, 0.3) is 0 Å². The molecule has 0 saturated heterocycles. The molecule has 3 aliphatic rings. The average molecular weight is 197 g/mol. The Bertz CT molecular complexity index is 239. The third kappa shape index (κ3) is 0.531. The van der Waals surface area contributed by atoms with E-state index < -0.39 is 0 Å². The number of allylic oxidation sites excluding steroid dienone is 4. The van der Waals surface area contributed by atoms with Crippen LogP contribution in [-0.4, -0.2) is 0 Å². The monoisotopic (exact) mass is 196 g/mol. The van der Waals surface area contributed by atoms with Crippen molar-refractivity contribution in [3.05, 3.63) is 22.7 Å². The second-order valence-electron chi connectivity index (χ2n) is 3.60. The van der Waals surface area contributed by atoms with Crippen LogP contribution in [0.2, 0.25) is 0 Å². The van der Waals surface area contributed by atoms with Gasteiger partial charge in [-0.15, -0.1) is 0 Å². The lowest BCUT2D eigenvalue weighted by molar-refractivity contribution is 0.564. The SMILES string of the molecule is BrC1=CC2C3C=CC1CC32. The van der Waals surface area contributed by atoms with E-state index in [-0.39, 0.29) is 0 Å². The second-order valence-corrected chi connectivity index (χ2v) is 4.51. The van der Waals surface area contributed by atoms with Gasteiger partial charge in [-0.05, 0) is 28.7 Å². The lowest BCUT2D eigenvalue weighted by atomic mass is 9.93. The predicted molar refractivity (Wildman–Crippen MR) is 44.7 cm³/mol. The highest BCUT2D eigenvalue weighted by molar-refractivity contribution is 9.11. The van der Waals surface area contributed by atoms with Gasteiger partial charge < -0.3 is 0 Å². The molecule has 4 atom stereocenters. The van der Waals surface area contributed by atoms with Gasteiger partial charge in [0.15, 0.2) is 0 Å². The van der Waals surface area contributed by atoms with Crippen LogP contribution in [0.3, 0.4) is 0 Å². The van der Waals surface area contributed by atoms with Crippen LogP contribution >= 0.6 is 15.9 Å². The maximum Gasteiger partial charge on any atom is 0.00842 e. The minimum absolute atomic E-state index is 0.736. The van der Waals surface area contributed by atoms with Crippen LogP contribution in [0.5, 0.6) is 0 Å². The van der Waals surface area contributed by atoms with Crippen LogP contribution in [0.4, 0.5) is 0 Å². The van der Waals surface area contributed by atoms with Gasteiger partial charge in [-0.25, -0.2) is 0 Å². The molecule has 1 heteroatoms. The van der Waals surface area contributed by atoms with Crippen LogP contribution in [0, 0.1) is 23.7 Å². The molecule has 0 radical (unpaired) electrons. The molecule has 0 aromatic carbocycles. The van der Waals surface area contributed by atoms with Crippen LogP contribution < -0.4 is 0 Å². The largest absolute Gasteiger partial charge is 0.0839 e. The van der Waals surface area contributed by atoms with Gasteiger partial charge in [-0.3, -0.25) is 0 Å². The summed E-state index contributed by atoms with van der Waals surface area (Å²) < 4.78 is 1.44. The molecule has 0 aromatic heterocycles. The van der Waals surface area contributed by atoms with E-state index in [2.05, 4.69) is 34.2 Å². The number of hydrogen-bond acceptors (Lipinski definition) is 0. The van der Waals surface area contributed by atoms with E-state index in [9.17, 15) is 0 Å². The summed E-state index contributed by atoms with van der Waals surface area (Å²) >= 11 is 3.62. The van der Waals surface area contributed by atoms with E-state index in [0.29, 0.717) is 0 Å². The lowest BCUT2D eigenvalue weighted by Crippen LogP contribution is -2.05. The molecular formula is C9H9Br. The second kappa shape index (κ2) is 1.58. The summed E-state index contributed by atoms with van der Waals surface area (Å²) in [5, 5.41) is 0. The zero-order chi connectivity index (χ0) is 6.72. The minimum atomic E-state index is 0.736. The quantitative estimate of drug-likeness (QED) is 0.523. The fraction of sp³-hybridized carbons (Fsp3) is 0.556. The van der Waals surface area contributed by atoms with Gasteiger partial charge in [-0.2, -0.15) is 0 Å². The van der Waals surface area contributed by atoms with Crippen LogP contribution in [-0.2, 0) is 0 Å². The summed E-state index contributed by atoms with van der Waals surface area (Å²) in [6.07, 6.45) is 8.61. The maximum atomic E-state index is 3.62. The molecule has 0 heterocycles. The highest BCUT2D eigenvalue weighted by Crippen LogP contribution is 2.60. The van der Waals surface area contributed by atoms with Crippen molar-refractivity contribution in [2.45, 2.75) is 6.42 Å². The van der Waals surface area contributed by atoms with Crippen molar-refractivity contribution in [1.29, 1.82) is 0 Å². The molecule has 10 heavy (non-hydrogen) atoms. The highest BCUT2D eigenvalue weighted by Gasteiger charge is 2.52. The van der Waals surface area contributed by atoms with Gasteiger partial charge in [0.1, 0.15) is 0 Å². The molecule has 3 aliphatic carbocycles. The minimum Gasteiger partial charge on any atom is -0.0839 e. The first-order valence-corrected chi connectivity index (χ1v) is 4.71. The Morgan fingerprint density at radius 2 is 2.20 bits per heavy atom. The standard InChI is InChI=1S/C9H9Br/c10-9-4-8-6-2-1-5(9)3-7(6)8/h1-2,4-8H,3H2. The van der Waals surface area contributed by atoms with Crippen molar-refractivity contribution in [3.8, 4) is 0 Å². The normalized spacial score (nSPS) is 54.3. The highest BCUT2D eigenvalue weighted by atomic mass is 79.9. The van der Waals surface area contributed by atoms with Crippen LogP contribution in [0.25, 0.3) is 0 Å². The lowest BCUT2D eigenvalue weighted by Gasteiger charge is -2.17. The third-order valence-corrected chi connectivity index (χ3v) is 3.94. The Kier molecular flexibility index (Phi) is 0.883. The van der Waals surface area contributed by atoms with E-state index in [1.54, 1.807) is 0 Å². The van der Waals surface area contributed by atoms with Crippen molar-refractivity contribution >= 4 is 15.9 Å². The molecule has 52 valence electrons. The molecule has 0 aliphatic heterocycles. The van der Waals surface area contributed by atoms with Crippen LogP contribution in [0.1, 0.15) is 6.42 Å². The molecule has 2 bridgehead atoms. The Morgan fingerprint density at radius 3 is 3.10 bits per heavy atom. The maximum absolute atomic E-state index is 3.62. The zero-order valence-corrected chi connectivity index (χ0v) is 7.21. The molecule has 0 aromatic rings. The van der Waals surface area contributed by atoms with Gasteiger partial charge in [0.2, 0.25) is 0 Å². The zero-order valence-electron chi connectivity index (χ0n) is 5.63. The van der Waals surface area contributed by atoms with E-state index in [1.165, 1.54) is 10.9 Å². The Hall–Kier alpha value is -0.0400. The van der Waals surface area contributed by atoms with Gasteiger partial charge in [0, 0.05) is 5.92 Å². The molecule has 1 saturated carbocycles. The molecule has 0 N–H and O–H groups in total. The van der Waals surface area contributed by atoms with Crippen LogP contribution in [0.15, 0.2) is 22.7 Å². The van der Waals surface area contributed by atoms with Crippen molar-refractivity contribution in [2.75, 3.05) is 0 Å². The topological polar surface area (TPSA) is 0 Å². The molecule has 4 unspecified atom stereocenters. The summed E-state index contributed by atoms with van der Waals surface area (Å²) in [4.78, 5) is 0. The van der Waals surface area contributed by atoms with Gasteiger partial charge >= 0.3 is 0 Å². The molecule has 3 rings (SSSR count). The number of hydrogen-bond donors (Lipinski definition) is 0. The van der Waals surface area contributed by atoms with Crippen molar-refractivity contribution < 1.29 is 0 Å². The van der Waals surface area contributed by atoms with Crippen molar-refractivity contribution in [3.63, 3.8) is 0 Å². The van der Waals surface area contributed by atoms with Crippen molar-refractivity contribution in [1.82, 2.24) is 0 Å². The Labute approximate surface area is 69.1 Å². The Morgan fingerprint density at radius 1 is 1.30 bits per heavy atom. The summed E-state index contributed by atoms with van der Waals surface area (Å²) in [5.41, 5.74) is 0. The number of rotatable bonds is 0. The fourth-order valence-electron chi connectivity index (χ4n) is 2.39. The first kappa shape index (κ1) is 5.59. The average Bonchev–Trinajstić information content (AvgIpc) is 2.65. The van der Waals surface area contributed by atoms with E-state index in [1.807, 2.05) is 0 Å². The fourth-order valence-corrected chi connectivity index (χ4v) is 3.04. The van der Waals surface area contributed by atoms with Gasteiger partial charge in [0.05, 0.1) is 0 Å². The number of fused-ring (bicyclic) bond motifs is 2.